The average molecular weight is 267 g/mol. The fourth-order valence-corrected chi connectivity index (χ4v) is 2.22. The summed E-state index contributed by atoms with van der Waals surface area (Å²) in [5.41, 5.74) is 2.27. The molecule has 0 aliphatic heterocycles. The Labute approximate surface area is 121 Å². The van der Waals surface area contributed by atoms with Crippen LogP contribution in [0.2, 0.25) is 0 Å². The predicted octanol–water partition coefficient (Wildman–Crippen LogP) is 4.81. The van der Waals surface area contributed by atoms with Crippen LogP contribution in [0, 0.1) is 0 Å². The van der Waals surface area contributed by atoms with Crippen LogP contribution in [0.4, 0.5) is 5.69 Å². The second-order valence-electron chi connectivity index (χ2n) is 4.56. The number of anilines is 1. The Morgan fingerprint density at radius 3 is 2.50 bits per heavy atom. The van der Waals surface area contributed by atoms with Gasteiger partial charge in [0.2, 0.25) is 0 Å². The molecule has 20 heavy (non-hydrogen) atoms. The maximum absolute atomic E-state index is 5.73. The molecule has 2 heteroatoms. The van der Waals surface area contributed by atoms with E-state index in [2.05, 4.69) is 30.1 Å². The molecule has 0 amide bonds. The van der Waals surface area contributed by atoms with Crippen LogP contribution in [-0.4, -0.2) is 6.61 Å². The fraction of sp³-hybridized carbons (Fsp3) is 0.222. The lowest BCUT2D eigenvalue weighted by atomic mass is 10.0. The van der Waals surface area contributed by atoms with Crippen molar-refractivity contribution >= 4 is 5.69 Å². The summed E-state index contributed by atoms with van der Waals surface area (Å²) in [4.78, 5) is 0. The van der Waals surface area contributed by atoms with Gasteiger partial charge in [-0.15, -0.1) is 6.58 Å². The Morgan fingerprint density at radius 2 is 1.80 bits per heavy atom. The quantitative estimate of drug-likeness (QED) is 0.726. The largest absolute Gasteiger partial charge is 0.494 e. The van der Waals surface area contributed by atoms with Gasteiger partial charge in [-0.2, -0.15) is 0 Å². The van der Waals surface area contributed by atoms with Gasteiger partial charge in [-0.25, -0.2) is 0 Å². The molecule has 0 saturated heterocycles. The third-order valence-corrected chi connectivity index (χ3v) is 3.11. The van der Waals surface area contributed by atoms with E-state index in [1.54, 1.807) is 0 Å². The van der Waals surface area contributed by atoms with Gasteiger partial charge in [0.25, 0.3) is 0 Å². The second kappa shape index (κ2) is 7.39. The zero-order valence-electron chi connectivity index (χ0n) is 11.9. The number of nitrogens with one attached hydrogen (secondary N) is 1. The van der Waals surface area contributed by atoms with Crippen molar-refractivity contribution in [1.29, 1.82) is 0 Å². The molecule has 0 saturated carbocycles. The molecule has 0 heterocycles. The van der Waals surface area contributed by atoms with E-state index in [-0.39, 0.29) is 6.04 Å². The molecule has 2 aromatic rings. The van der Waals surface area contributed by atoms with Crippen molar-refractivity contribution in [2.24, 2.45) is 0 Å². The Kier molecular flexibility index (Phi) is 5.24. The highest BCUT2D eigenvalue weighted by molar-refractivity contribution is 5.48. The molecule has 2 rings (SSSR count). The van der Waals surface area contributed by atoms with Gasteiger partial charge in [-0.05, 0) is 31.5 Å². The highest BCUT2D eigenvalue weighted by Crippen LogP contribution is 2.30. The molecule has 2 nitrogen and oxygen atoms in total. The summed E-state index contributed by atoms with van der Waals surface area (Å²) in [5.74, 6) is 0.935. The lowest BCUT2D eigenvalue weighted by Gasteiger charge is -2.21. The molecule has 2 aromatic carbocycles. The van der Waals surface area contributed by atoms with Gasteiger partial charge in [0, 0.05) is 11.3 Å². The van der Waals surface area contributed by atoms with E-state index >= 15 is 0 Å². The van der Waals surface area contributed by atoms with Crippen LogP contribution in [0.3, 0.4) is 0 Å². The normalized spacial score (nSPS) is 11.7. The minimum Gasteiger partial charge on any atom is -0.494 e. The van der Waals surface area contributed by atoms with E-state index in [0.717, 1.165) is 23.4 Å². The van der Waals surface area contributed by atoms with E-state index in [4.69, 9.17) is 4.74 Å². The molecule has 1 unspecified atom stereocenters. The number of para-hydroxylation sites is 2. The van der Waals surface area contributed by atoms with Gasteiger partial charge in [0.05, 0.1) is 12.6 Å². The minimum atomic E-state index is 0.164. The molecule has 0 aliphatic carbocycles. The molecule has 0 fully saturated rings. The van der Waals surface area contributed by atoms with Gasteiger partial charge >= 0.3 is 0 Å². The molecule has 0 spiro atoms. The smallest absolute Gasteiger partial charge is 0.124 e. The Hall–Kier alpha value is -2.22. The highest BCUT2D eigenvalue weighted by atomic mass is 16.5. The van der Waals surface area contributed by atoms with Crippen LogP contribution in [0.25, 0.3) is 0 Å². The lowest BCUT2D eigenvalue weighted by molar-refractivity contribution is 0.335. The van der Waals surface area contributed by atoms with Gasteiger partial charge < -0.3 is 10.1 Å². The van der Waals surface area contributed by atoms with Crippen LogP contribution < -0.4 is 10.1 Å². The van der Waals surface area contributed by atoms with Crippen molar-refractivity contribution < 1.29 is 4.74 Å². The summed E-state index contributed by atoms with van der Waals surface area (Å²) < 4.78 is 5.73. The maximum atomic E-state index is 5.73. The van der Waals surface area contributed by atoms with E-state index in [1.165, 1.54) is 0 Å². The number of benzene rings is 2. The van der Waals surface area contributed by atoms with Crippen LogP contribution in [0.5, 0.6) is 5.75 Å². The number of ether oxygens (including phenoxy) is 1. The maximum Gasteiger partial charge on any atom is 0.124 e. The van der Waals surface area contributed by atoms with Crippen molar-refractivity contribution in [2.45, 2.75) is 19.4 Å². The van der Waals surface area contributed by atoms with E-state index in [9.17, 15) is 0 Å². The molecule has 0 radical (unpaired) electrons. The molecule has 104 valence electrons. The van der Waals surface area contributed by atoms with Gasteiger partial charge in [0.15, 0.2) is 0 Å². The van der Waals surface area contributed by atoms with Crippen molar-refractivity contribution in [3.05, 3.63) is 72.8 Å². The first-order valence-corrected chi connectivity index (χ1v) is 6.99. The SMILES string of the molecule is C=CCC(Nc1ccccc1)c1ccccc1OCC. The number of hydrogen-bond donors (Lipinski definition) is 1. The first kappa shape index (κ1) is 14.2. The van der Waals surface area contributed by atoms with Crippen LogP contribution in [-0.2, 0) is 0 Å². The second-order valence-corrected chi connectivity index (χ2v) is 4.56. The summed E-state index contributed by atoms with van der Waals surface area (Å²) in [7, 11) is 0. The molecular formula is C18H21NO. The third-order valence-electron chi connectivity index (χ3n) is 3.11. The Balaban J connectivity index is 2.26. The molecule has 0 aromatic heterocycles. The summed E-state index contributed by atoms with van der Waals surface area (Å²) >= 11 is 0. The minimum absolute atomic E-state index is 0.164. The van der Waals surface area contributed by atoms with Crippen LogP contribution in [0.15, 0.2) is 67.3 Å². The van der Waals surface area contributed by atoms with Crippen LogP contribution >= 0.6 is 0 Å². The zero-order valence-corrected chi connectivity index (χ0v) is 11.9. The molecule has 1 N–H and O–H groups in total. The van der Waals surface area contributed by atoms with E-state index < -0.39 is 0 Å². The standard InChI is InChI=1S/C18H21NO/c1-3-10-17(19-15-11-6-5-7-12-15)16-13-8-9-14-18(16)20-4-2/h3,5-9,11-14,17,19H,1,4,10H2,2H3. The first-order valence-electron chi connectivity index (χ1n) is 6.99. The monoisotopic (exact) mass is 267 g/mol. The van der Waals surface area contributed by atoms with Crippen molar-refractivity contribution in [3.8, 4) is 5.75 Å². The van der Waals surface area contributed by atoms with Crippen molar-refractivity contribution in [3.63, 3.8) is 0 Å². The number of rotatable bonds is 7. The van der Waals surface area contributed by atoms with Crippen molar-refractivity contribution in [2.75, 3.05) is 11.9 Å². The van der Waals surface area contributed by atoms with Gasteiger partial charge in [-0.3, -0.25) is 0 Å². The zero-order chi connectivity index (χ0) is 14.2. The van der Waals surface area contributed by atoms with E-state index in [0.29, 0.717) is 6.61 Å². The fourth-order valence-electron chi connectivity index (χ4n) is 2.22. The Morgan fingerprint density at radius 1 is 1.10 bits per heavy atom. The third kappa shape index (κ3) is 3.64. The average Bonchev–Trinajstić information content (AvgIpc) is 2.49. The summed E-state index contributed by atoms with van der Waals surface area (Å²) in [6, 6.07) is 18.5. The van der Waals surface area contributed by atoms with Crippen LogP contribution in [0.1, 0.15) is 24.9 Å². The summed E-state index contributed by atoms with van der Waals surface area (Å²) in [6.07, 6.45) is 2.78. The van der Waals surface area contributed by atoms with Gasteiger partial charge in [-0.1, -0.05) is 42.5 Å². The number of hydrogen-bond acceptors (Lipinski definition) is 2. The summed E-state index contributed by atoms with van der Waals surface area (Å²) in [6.45, 7) is 6.54. The topological polar surface area (TPSA) is 21.3 Å². The molecular weight excluding hydrogens is 246 g/mol. The van der Waals surface area contributed by atoms with Crippen molar-refractivity contribution in [1.82, 2.24) is 0 Å². The summed E-state index contributed by atoms with van der Waals surface area (Å²) in [5, 5.41) is 3.54. The first-order chi connectivity index (χ1) is 9.85. The highest BCUT2D eigenvalue weighted by Gasteiger charge is 2.14. The predicted molar refractivity (Wildman–Crippen MR) is 85.2 cm³/mol. The van der Waals surface area contributed by atoms with Gasteiger partial charge in [0.1, 0.15) is 5.75 Å². The lowest BCUT2D eigenvalue weighted by Crippen LogP contribution is -2.11. The Bertz CT molecular complexity index is 536. The molecule has 1 atom stereocenters. The molecule has 0 bridgehead atoms. The van der Waals surface area contributed by atoms with E-state index in [1.807, 2.05) is 49.4 Å². The molecule has 0 aliphatic rings.